The molecule has 1 N–H and O–H groups in total. The van der Waals surface area contributed by atoms with Gasteiger partial charge in [0.15, 0.2) is 5.69 Å². The fraction of sp³-hybridized carbons (Fsp3) is 0.238. The quantitative estimate of drug-likeness (QED) is 0.739. The molecule has 0 aliphatic heterocycles. The van der Waals surface area contributed by atoms with E-state index in [1.165, 1.54) is 12.1 Å². The van der Waals surface area contributed by atoms with E-state index in [-0.39, 0.29) is 11.7 Å². The second-order valence-electron chi connectivity index (χ2n) is 6.40. The summed E-state index contributed by atoms with van der Waals surface area (Å²) in [7, 11) is 0. The van der Waals surface area contributed by atoms with Crippen molar-refractivity contribution in [1.29, 1.82) is 0 Å². The fourth-order valence-corrected chi connectivity index (χ4v) is 3.45. The predicted molar refractivity (Wildman–Crippen MR) is 101 cm³/mol. The monoisotopic (exact) mass is 365 g/mol. The number of hydrogen-bond acceptors (Lipinski definition) is 3. The molecule has 0 radical (unpaired) electrons. The van der Waals surface area contributed by atoms with Gasteiger partial charge in [-0.15, -0.1) is 0 Å². The first-order chi connectivity index (χ1) is 13.2. The van der Waals surface area contributed by atoms with Gasteiger partial charge in [-0.2, -0.15) is 5.10 Å². The van der Waals surface area contributed by atoms with Gasteiger partial charge in [0.25, 0.3) is 5.91 Å². The molecule has 1 aliphatic carbocycles. The highest BCUT2D eigenvalue weighted by Gasteiger charge is 2.27. The van der Waals surface area contributed by atoms with Crippen LogP contribution in [0.3, 0.4) is 0 Å². The lowest BCUT2D eigenvalue weighted by Gasteiger charge is -2.10. The van der Waals surface area contributed by atoms with Crippen molar-refractivity contribution < 1.29 is 13.9 Å². The number of anilines is 1. The van der Waals surface area contributed by atoms with Crippen LogP contribution in [0.4, 0.5) is 10.1 Å². The maximum absolute atomic E-state index is 13.2. The summed E-state index contributed by atoms with van der Waals surface area (Å²) >= 11 is 0. The van der Waals surface area contributed by atoms with Gasteiger partial charge in [0.05, 0.1) is 18.0 Å². The average molecular weight is 365 g/mol. The molecule has 0 atom stereocenters. The van der Waals surface area contributed by atoms with Crippen LogP contribution in [0.1, 0.15) is 35.1 Å². The number of aromatic nitrogens is 2. The number of hydrogen-bond donors (Lipinski definition) is 1. The zero-order valence-corrected chi connectivity index (χ0v) is 15.0. The van der Waals surface area contributed by atoms with Crippen LogP contribution < -0.4 is 10.1 Å². The molecule has 4 rings (SSSR count). The summed E-state index contributed by atoms with van der Waals surface area (Å²) < 4.78 is 20.6. The van der Waals surface area contributed by atoms with Gasteiger partial charge in [-0.05, 0) is 62.6 Å². The molecule has 0 spiro atoms. The summed E-state index contributed by atoms with van der Waals surface area (Å²) in [6, 6.07) is 13.5. The highest BCUT2D eigenvalue weighted by Crippen LogP contribution is 2.30. The number of nitrogens with zero attached hydrogens (tertiary/aromatic N) is 2. The normalized spacial score (nSPS) is 12.7. The molecular weight excluding hydrogens is 345 g/mol. The molecule has 0 unspecified atom stereocenters. The van der Waals surface area contributed by atoms with E-state index >= 15 is 0 Å². The van der Waals surface area contributed by atoms with Crippen molar-refractivity contribution in [1.82, 2.24) is 9.78 Å². The third-order valence-electron chi connectivity index (χ3n) is 4.65. The van der Waals surface area contributed by atoms with Crippen LogP contribution in [0.2, 0.25) is 0 Å². The van der Waals surface area contributed by atoms with Gasteiger partial charge in [0, 0.05) is 11.3 Å². The van der Waals surface area contributed by atoms with Gasteiger partial charge < -0.3 is 10.1 Å². The third-order valence-corrected chi connectivity index (χ3v) is 4.65. The average Bonchev–Trinajstić information content (AvgIpc) is 3.27. The molecule has 2 aromatic carbocycles. The molecule has 1 aliphatic rings. The number of ether oxygens (including phenoxy) is 1. The van der Waals surface area contributed by atoms with Crippen LogP contribution in [0, 0.1) is 5.82 Å². The first-order valence-electron chi connectivity index (χ1n) is 9.07. The Morgan fingerprint density at radius 3 is 2.74 bits per heavy atom. The Kier molecular flexibility index (Phi) is 4.62. The smallest absolute Gasteiger partial charge is 0.276 e. The van der Waals surface area contributed by atoms with E-state index in [2.05, 4.69) is 10.4 Å². The maximum Gasteiger partial charge on any atom is 0.276 e. The van der Waals surface area contributed by atoms with Crippen LogP contribution in [0.25, 0.3) is 5.69 Å². The van der Waals surface area contributed by atoms with Crippen molar-refractivity contribution in [2.45, 2.75) is 26.2 Å². The van der Waals surface area contributed by atoms with Crippen LogP contribution in [0.15, 0.2) is 48.5 Å². The van der Waals surface area contributed by atoms with Gasteiger partial charge >= 0.3 is 0 Å². The van der Waals surface area contributed by atoms with E-state index in [9.17, 15) is 9.18 Å². The highest BCUT2D eigenvalue weighted by molar-refractivity contribution is 6.05. The van der Waals surface area contributed by atoms with Crippen molar-refractivity contribution in [3.05, 3.63) is 71.3 Å². The van der Waals surface area contributed by atoms with E-state index < -0.39 is 0 Å². The van der Waals surface area contributed by atoms with Crippen LogP contribution >= 0.6 is 0 Å². The lowest BCUT2D eigenvalue weighted by molar-refractivity contribution is 0.102. The summed E-state index contributed by atoms with van der Waals surface area (Å²) in [5, 5.41) is 7.46. The molecule has 0 saturated heterocycles. The fourth-order valence-electron chi connectivity index (χ4n) is 3.45. The van der Waals surface area contributed by atoms with Crippen molar-refractivity contribution in [2.24, 2.45) is 0 Å². The molecule has 1 aromatic heterocycles. The standard InChI is InChI=1S/C21H20FN3O2/c1-2-27-19-9-4-3-7-17(19)23-21(26)20-16-6-5-8-18(16)25(24-20)15-12-10-14(22)11-13-15/h3-4,7,9-13H,2,5-6,8H2,1H3,(H,23,26). The summed E-state index contributed by atoms with van der Waals surface area (Å²) in [6.07, 6.45) is 2.64. The number of carbonyl (C=O) groups is 1. The number of rotatable bonds is 5. The Labute approximate surface area is 156 Å². The van der Waals surface area contributed by atoms with Crippen molar-refractivity contribution in [3.8, 4) is 11.4 Å². The molecule has 0 bridgehead atoms. The second-order valence-corrected chi connectivity index (χ2v) is 6.40. The zero-order chi connectivity index (χ0) is 18.8. The molecular formula is C21H20FN3O2. The van der Waals surface area contributed by atoms with Gasteiger partial charge in [-0.1, -0.05) is 12.1 Å². The number of benzene rings is 2. The minimum absolute atomic E-state index is 0.263. The summed E-state index contributed by atoms with van der Waals surface area (Å²) in [5.41, 5.74) is 3.77. The highest BCUT2D eigenvalue weighted by atomic mass is 19.1. The van der Waals surface area contributed by atoms with Crippen molar-refractivity contribution in [3.63, 3.8) is 0 Å². The third kappa shape index (κ3) is 3.30. The van der Waals surface area contributed by atoms with Crippen LogP contribution in [0.5, 0.6) is 5.75 Å². The minimum atomic E-state index is -0.298. The Morgan fingerprint density at radius 2 is 1.96 bits per heavy atom. The molecule has 0 saturated carbocycles. The molecule has 27 heavy (non-hydrogen) atoms. The van der Waals surface area contributed by atoms with Crippen LogP contribution in [-0.4, -0.2) is 22.3 Å². The van der Waals surface area contributed by atoms with Gasteiger partial charge in [-0.25, -0.2) is 9.07 Å². The number of fused-ring (bicyclic) bond motifs is 1. The van der Waals surface area contributed by atoms with Gasteiger partial charge in [0.1, 0.15) is 11.6 Å². The molecule has 1 amide bonds. The van der Waals surface area contributed by atoms with E-state index in [1.54, 1.807) is 22.9 Å². The Hall–Kier alpha value is -3.15. The van der Waals surface area contributed by atoms with Gasteiger partial charge in [0.2, 0.25) is 0 Å². The van der Waals surface area contributed by atoms with Crippen molar-refractivity contribution in [2.75, 3.05) is 11.9 Å². The summed E-state index contributed by atoms with van der Waals surface area (Å²) in [6.45, 7) is 2.41. The number of halogens is 1. The SMILES string of the molecule is CCOc1ccccc1NC(=O)c1nn(-c2ccc(F)cc2)c2c1CCC2. The minimum Gasteiger partial charge on any atom is -0.492 e. The Bertz CT molecular complexity index is 980. The topological polar surface area (TPSA) is 56.1 Å². The number of nitrogens with one attached hydrogen (secondary N) is 1. The van der Waals surface area contributed by atoms with E-state index in [4.69, 9.17) is 4.74 Å². The summed E-state index contributed by atoms with van der Waals surface area (Å²) in [4.78, 5) is 12.9. The largest absolute Gasteiger partial charge is 0.492 e. The Morgan fingerprint density at radius 1 is 1.19 bits per heavy atom. The zero-order valence-electron chi connectivity index (χ0n) is 15.0. The van der Waals surface area contributed by atoms with Crippen molar-refractivity contribution >= 4 is 11.6 Å². The first-order valence-corrected chi connectivity index (χ1v) is 9.07. The number of carbonyl (C=O) groups excluding carboxylic acids is 1. The van der Waals surface area contributed by atoms with E-state index in [0.29, 0.717) is 23.7 Å². The molecule has 1 heterocycles. The number of amides is 1. The van der Waals surface area contributed by atoms with Crippen LogP contribution in [-0.2, 0) is 12.8 Å². The molecule has 3 aromatic rings. The molecule has 6 heteroatoms. The number of para-hydroxylation sites is 2. The van der Waals surface area contributed by atoms with Gasteiger partial charge in [-0.3, -0.25) is 4.79 Å². The second kappa shape index (κ2) is 7.23. The van der Waals surface area contributed by atoms with E-state index in [0.717, 1.165) is 36.2 Å². The molecule has 0 fully saturated rings. The molecule has 138 valence electrons. The lowest BCUT2D eigenvalue weighted by Crippen LogP contribution is -2.15. The summed E-state index contributed by atoms with van der Waals surface area (Å²) in [5.74, 6) is 0.0668. The van der Waals surface area contributed by atoms with E-state index in [1.807, 2.05) is 25.1 Å². The Balaban J connectivity index is 1.67. The lowest BCUT2D eigenvalue weighted by atomic mass is 10.2. The first kappa shape index (κ1) is 17.3. The molecule has 5 nitrogen and oxygen atoms in total. The maximum atomic E-state index is 13.2. The predicted octanol–water partition coefficient (Wildman–Crippen LogP) is 4.15.